The first-order valence-electron chi connectivity index (χ1n) is 7.80. The fourth-order valence-corrected chi connectivity index (χ4v) is 2.95. The number of nitrogens with one attached hydrogen (secondary N) is 1. The Bertz CT molecular complexity index is 707. The lowest BCUT2D eigenvalue weighted by atomic mass is 9.92. The molecule has 0 aromatic heterocycles. The van der Waals surface area contributed by atoms with Gasteiger partial charge in [0.15, 0.2) is 0 Å². The van der Waals surface area contributed by atoms with Crippen molar-refractivity contribution in [3.63, 3.8) is 0 Å². The van der Waals surface area contributed by atoms with Crippen molar-refractivity contribution >= 4 is 27.2 Å². The molecule has 1 N–H and O–H groups in total. The molecule has 2 aromatic carbocycles. The van der Waals surface area contributed by atoms with Gasteiger partial charge in [0, 0.05) is 11.3 Å². The van der Waals surface area contributed by atoms with E-state index in [1.165, 1.54) is 6.07 Å². The number of halogens is 2. The maximum atomic E-state index is 14.2. The van der Waals surface area contributed by atoms with Crippen LogP contribution in [0.1, 0.15) is 31.4 Å². The van der Waals surface area contributed by atoms with Crippen LogP contribution in [0.15, 0.2) is 66.9 Å². The molecule has 0 amide bonds. The van der Waals surface area contributed by atoms with Gasteiger partial charge in [0.2, 0.25) is 0 Å². The second-order valence-electron chi connectivity index (χ2n) is 5.02. The Morgan fingerprint density at radius 2 is 1.65 bits per heavy atom. The van der Waals surface area contributed by atoms with Crippen LogP contribution in [0.4, 0.5) is 4.39 Å². The highest BCUT2D eigenvalue weighted by Gasteiger charge is 2.24. The summed E-state index contributed by atoms with van der Waals surface area (Å²) in [5.74, 6) is -0.228. The van der Waals surface area contributed by atoms with Gasteiger partial charge in [-0.25, -0.2) is 4.39 Å². The Morgan fingerprint density at radius 1 is 1.04 bits per heavy atom. The molecular formula is C20H21BrFN. The van der Waals surface area contributed by atoms with Crippen molar-refractivity contribution in [1.82, 2.24) is 5.32 Å². The molecule has 0 radical (unpaired) electrons. The number of hydrogen-bond donors (Lipinski definition) is 1. The van der Waals surface area contributed by atoms with E-state index in [1.807, 2.05) is 50.2 Å². The summed E-state index contributed by atoms with van der Waals surface area (Å²) in [5.41, 5.74) is 4.43. The number of rotatable bonds is 2. The van der Waals surface area contributed by atoms with Gasteiger partial charge >= 0.3 is 0 Å². The molecule has 1 unspecified atom stereocenters. The summed E-state index contributed by atoms with van der Waals surface area (Å²) >= 11 is 3.62. The van der Waals surface area contributed by atoms with Gasteiger partial charge in [0.05, 0.1) is 10.5 Å². The second kappa shape index (κ2) is 8.11. The normalized spacial score (nSPS) is 17.2. The summed E-state index contributed by atoms with van der Waals surface area (Å²) in [6.07, 6.45) is 0.777. The summed E-state index contributed by atoms with van der Waals surface area (Å²) in [5, 5.41) is 3.27. The van der Waals surface area contributed by atoms with Gasteiger partial charge in [-0.05, 0) is 29.7 Å². The zero-order valence-electron chi connectivity index (χ0n) is 13.4. The smallest absolute Gasteiger partial charge is 0.132 e. The molecule has 2 aromatic rings. The van der Waals surface area contributed by atoms with E-state index < -0.39 is 0 Å². The van der Waals surface area contributed by atoms with E-state index >= 15 is 0 Å². The first-order valence-corrected chi connectivity index (χ1v) is 8.71. The minimum atomic E-state index is -0.228. The summed E-state index contributed by atoms with van der Waals surface area (Å²) in [6.45, 7) is 8.01. The van der Waals surface area contributed by atoms with Crippen LogP contribution in [-0.2, 0) is 0 Å². The Morgan fingerprint density at radius 3 is 2.30 bits per heavy atom. The molecule has 3 rings (SSSR count). The van der Waals surface area contributed by atoms with Crippen LogP contribution in [0.25, 0.3) is 11.3 Å². The van der Waals surface area contributed by atoms with Crippen molar-refractivity contribution in [3.05, 3.63) is 83.8 Å². The quantitative estimate of drug-likeness (QED) is 0.637. The van der Waals surface area contributed by atoms with E-state index in [2.05, 4.69) is 27.8 Å². The largest absolute Gasteiger partial charge is 0.358 e. The Labute approximate surface area is 146 Å². The fraction of sp³-hybridized carbons (Fsp3) is 0.200. The van der Waals surface area contributed by atoms with Crippen molar-refractivity contribution in [3.8, 4) is 0 Å². The molecule has 1 aliphatic rings. The van der Waals surface area contributed by atoms with Gasteiger partial charge in [0.25, 0.3) is 0 Å². The predicted octanol–water partition coefficient (Wildman–Crippen LogP) is 5.99. The fourth-order valence-electron chi connectivity index (χ4n) is 2.51. The maximum absolute atomic E-state index is 14.2. The Kier molecular flexibility index (Phi) is 6.17. The van der Waals surface area contributed by atoms with E-state index in [0.717, 1.165) is 29.0 Å². The van der Waals surface area contributed by atoms with Gasteiger partial charge in [-0.3, -0.25) is 0 Å². The summed E-state index contributed by atoms with van der Waals surface area (Å²) < 4.78 is 14.2. The molecule has 0 saturated heterocycles. The molecule has 0 fully saturated rings. The average molecular weight is 374 g/mol. The van der Waals surface area contributed by atoms with Crippen LogP contribution in [0.5, 0.6) is 0 Å². The highest BCUT2D eigenvalue weighted by molar-refractivity contribution is 9.09. The molecule has 23 heavy (non-hydrogen) atoms. The first kappa shape index (κ1) is 17.5. The molecule has 1 nitrogen and oxygen atoms in total. The van der Waals surface area contributed by atoms with E-state index in [-0.39, 0.29) is 10.6 Å². The molecule has 3 heteroatoms. The average Bonchev–Trinajstić information content (AvgIpc) is 2.60. The van der Waals surface area contributed by atoms with Gasteiger partial charge in [-0.2, -0.15) is 0 Å². The zero-order valence-corrected chi connectivity index (χ0v) is 15.0. The number of alkyl halides is 1. The molecule has 120 valence electrons. The number of hydrogen-bond acceptors (Lipinski definition) is 1. The van der Waals surface area contributed by atoms with Crippen LogP contribution >= 0.6 is 15.9 Å². The van der Waals surface area contributed by atoms with Crippen LogP contribution in [0, 0.1) is 5.82 Å². The SMILES string of the molecule is C=C1NC(c2ccccc2F)=C(c2ccccc2)CC1Br.CC. The van der Waals surface area contributed by atoms with Crippen molar-refractivity contribution in [2.24, 2.45) is 0 Å². The zero-order chi connectivity index (χ0) is 16.8. The molecule has 0 bridgehead atoms. The van der Waals surface area contributed by atoms with Gasteiger partial charge in [0.1, 0.15) is 5.82 Å². The van der Waals surface area contributed by atoms with Crippen LogP contribution in [0.3, 0.4) is 0 Å². The summed E-state index contributed by atoms with van der Waals surface area (Å²) in [4.78, 5) is 0.142. The standard InChI is InChI=1S/C18H15BrFN.C2H6/c1-12-16(19)11-15(13-7-3-2-4-8-13)18(21-12)14-9-5-6-10-17(14)20;1-2/h2-10,16,21H,1,11H2;1-2H3. The summed E-state index contributed by atoms with van der Waals surface area (Å²) in [6, 6.07) is 16.9. The second-order valence-corrected chi connectivity index (χ2v) is 6.13. The van der Waals surface area contributed by atoms with Crippen LogP contribution in [-0.4, -0.2) is 4.83 Å². The van der Waals surface area contributed by atoms with E-state index in [0.29, 0.717) is 5.56 Å². The molecule has 0 spiro atoms. The van der Waals surface area contributed by atoms with Gasteiger partial charge in [-0.15, -0.1) is 0 Å². The van der Waals surface area contributed by atoms with Gasteiger partial charge < -0.3 is 5.32 Å². The lowest BCUT2D eigenvalue weighted by Crippen LogP contribution is -2.25. The van der Waals surface area contributed by atoms with Crippen molar-refractivity contribution in [1.29, 1.82) is 0 Å². The van der Waals surface area contributed by atoms with Gasteiger partial charge in [-0.1, -0.05) is 78.8 Å². The molecule has 1 aliphatic heterocycles. The van der Waals surface area contributed by atoms with E-state index in [1.54, 1.807) is 12.1 Å². The summed E-state index contributed by atoms with van der Waals surface area (Å²) in [7, 11) is 0. The lowest BCUT2D eigenvalue weighted by Gasteiger charge is -2.28. The highest BCUT2D eigenvalue weighted by Crippen LogP contribution is 2.37. The molecule has 1 heterocycles. The first-order chi connectivity index (χ1) is 11.2. The molecule has 0 saturated carbocycles. The Hall–Kier alpha value is -1.87. The maximum Gasteiger partial charge on any atom is 0.132 e. The minimum Gasteiger partial charge on any atom is -0.358 e. The third kappa shape index (κ3) is 3.91. The monoisotopic (exact) mass is 373 g/mol. The van der Waals surface area contributed by atoms with Crippen molar-refractivity contribution in [2.75, 3.05) is 0 Å². The molecular weight excluding hydrogens is 353 g/mol. The molecule has 0 aliphatic carbocycles. The number of benzene rings is 2. The van der Waals surface area contributed by atoms with Crippen molar-refractivity contribution in [2.45, 2.75) is 25.1 Å². The highest BCUT2D eigenvalue weighted by atomic mass is 79.9. The topological polar surface area (TPSA) is 12.0 Å². The van der Waals surface area contributed by atoms with Crippen LogP contribution in [0.2, 0.25) is 0 Å². The van der Waals surface area contributed by atoms with E-state index in [4.69, 9.17) is 0 Å². The Balaban J connectivity index is 0.000000924. The van der Waals surface area contributed by atoms with Crippen LogP contribution < -0.4 is 5.32 Å². The van der Waals surface area contributed by atoms with Crippen molar-refractivity contribution < 1.29 is 4.39 Å². The van der Waals surface area contributed by atoms with E-state index in [9.17, 15) is 4.39 Å². The lowest BCUT2D eigenvalue weighted by molar-refractivity contribution is 0.622. The third-order valence-electron chi connectivity index (χ3n) is 3.61. The predicted molar refractivity (Wildman–Crippen MR) is 101 cm³/mol. The molecule has 1 atom stereocenters. The minimum absolute atomic E-state index is 0.142. The number of allylic oxidation sites excluding steroid dienone is 2. The third-order valence-corrected chi connectivity index (χ3v) is 4.49.